The van der Waals surface area contributed by atoms with E-state index in [9.17, 15) is 19.7 Å². The second-order valence-corrected chi connectivity index (χ2v) is 7.55. The summed E-state index contributed by atoms with van der Waals surface area (Å²) in [4.78, 5) is 39.7. The Bertz CT molecular complexity index is 1120. The molecule has 1 saturated carbocycles. The van der Waals surface area contributed by atoms with E-state index in [-0.39, 0.29) is 29.6 Å². The van der Waals surface area contributed by atoms with Gasteiger partial charge in [-0.25, -0.2) is 4.98 Å². The number of nitrogens with zero attached hydrogens (tertiary/aromatic N) is 3. The van der Waals surface area contributed by atoms with Gasteiger partial charge < -0.3 is 4.74 Å². The molecule has 0 spiro atoms. The molecule has 0 amide bonds. The van der Waals surface area contributed by atoms with Crippen LogP contribution in [0.3, 0.4) is 0 Å². The maximum absolute atomic E-state index is 12.8. The Kier molecular flexibility index (Phi) is 4.91. The Morgan fingerprint density at radius 2 is 2.14 bits per heavy atom. The molecule has 2 aromatic heterocycles. The van der Waals surface area contributed by atoms with Crippen molar-refractivity contribution < 1.29 is 14.5 Å². The van der Waals surface area contributed by atoms with Crippen molar-refractivity contribution in [3.8, 4) is 0 Å². The van der Waals surface area contributed by atoms with Crippen LogP contribution in [0, 0.1) is 10.1 Å². The summed E-state index contributed by atoms with van der Waals surface area (Å²) in [5.41, 5.74) is 1.14. The molecule has 0 N–H and O–H groups in total. The first kappa shape index (κ1) is 18.3. The summed E-state index contributed by atoms with van der Waals surface area (Å²) in [5.74, 6) is 0.160. The molecule has 3 aromatic rings. The third-order valence-electron chi connectivity index (χ3n) is 4.57. The molecule has 4 rings (SSSR count). The minimum atomic E-state index is -0.474. The first-order chi connectivity index (χ1) is 13.5. The van der Waals surface area contributed by atoms with E-state index in [1.807, 2.05) is 12.1 Å². The molecule has 0 atom stereocenters. The van der Waals surface area contributed by atoms with Crippen molar-refractivity contribution in [3.63, 3.8) is 0 Å². The summed E-state index contributed by atoms with van der Waals surface area (Å²) >= 11 is 0.996. The number of fused-ring (bicyclic) bond motifs is 1. The molecule has 1 fully saturated rings. The molecule has 0 bridgehead atoms. The average molecular weight is 399 g/mol. The number of hydrogen-bond donors (Lipinski definition) is 0. The number of nitro groups is 1. The van der Waals surface area contributed by atoms with Gasteiger partial charge in [-0.1, -0.05) is 23.5 Å². The van der Waals surface area contributed by atoms with Gasteiger partial charge in [-0.05, 0) is 25.0 Å². The van der Waals surface area contributed by atoms with Crippen LogP contribution in [-0.2, 0) is 22.6 Å². The lowest BCUT2D eigenvalue weighted by Gasteiger charge is -2.12. The summed E-state index contributed by atoms with van der Waals surface area (Å²) in [6, 6.07) is 8.75. The molecule has 0 aliphatic heterocycles. The zero-order chi connectivity index (χ0) is 19.7. The number of carbonyl (C=O) groups excluding carboxylic acids is 1. The second kappa shape index (κ2) is 7.51. The molecule has 0 saturated heterocycles. The molecule has 1 aliphatic carbocycles. The maximum Gasteiger partial charge on any atom is 0.324 e. The van der Waals surface area contributed by atoms with E-state index in [0.717, 1.165) is 24.2 Å². The normalized spacial score (nSPS) is 13.6. The van der Waals surface area contributed by atoms with Gasteiger partial charge in [0.05, 0.1) is 22.2 Å². The lowest BCUT2D eigenvalue weighted by Crippen LogP contribution is -2.25. The first-order valence-corrected chi connectivity index (χ1v) is 9.78. The van der Waals surface area contributed by atoms with Crippen molar-refractivity contribution in [3.05, 3.63) is 67.6 Å². The molecule has 2 heterocycles. The number of benzene rings is 1. The highest BCUT2D eigenvalue weighted by Crippen LogP contribution is 2.35. The van der Waals surface area contributed by atoms with Crippen molar-refractivity contribution in [2.75, 3.05) is 0 Å². The number of ether oxygens (including phenoxy) is 1. The van der Waals surface area contributed by atoms with Crippen molar-refractivity contribution in [1.82, 2.24) is 9.55 Å². The second-order valence-electron chi connectivity index (χ2n) is 6.66. The van der Waals surface area contributed by atoms with Crippen LogP contribution in [0.5, 0.6) is 0 Å². The van der Waals surface area contributed by atoms with Crippen LogP contribution in [0.25, 0.3) is 10.9 Å². The average Bonchev–Trinajstić information content (AvgIpc) is 3.40. The topological polar surface area (TPSA) is 104 Å². The summed E-state index contributed by atoms with van der Waals surface area (Å²) in [6.45, 7) is -0.0102. The van der Waals surface area contributed by atoms with Crippen molar-refractivity contribution in [2.24, 2.45) is 0 Å². The van der Waals surface area contributed by atoms with Crippen LogP contribution in [0.2, 0.25) is 0 Å². The van der Waals surface area contributed by atoms with Gasteiger partial charge in [0, 0.05) is 29.5 Å². The van der Waals surface area contributed by atoms with Gasteiger partial charge >= 0.3 is 11.0 Å². The van der Waals surface area contributed by atoms with Gasteiger partial charge in [0.2, 0.25) is 0 Å². The Hall–Kier alpha value is -3.07. The van der Waals surface area contributed by atoms with Crippen molar-refractivity contribution in [1.29, 1.82) is 0 Å². The third kappa shape index (κ3) is 3.79. The number of esters is 1. The van der Waals surface area contributed by atoms with E-state index in [1.54, 1.807) is 22.1 Å². The highest BCUT2D eigenvalue weighted by Gasteiger charge is 2.28. The van der Waals surface area contributed by atoms with Crippen LogP contribution in [-0.4, -0.2) is 20.4 Å². The predicted molar refractivity (Wildman–Crippen MR) is 103 cm³/mol. The Labute approximate surface area is 163 Å². The monoisotopic (exact) mass is 399 g/mol. The molecule has 1 aliphatic rings. The Morgan fingerprint density at radius 1 is 1.36 bits per heavy atom. The molecule has 28 heavy (non-hydrogen) atoms. The van der Waals surface area contributed by atoms with Gasteiger partial charge in [0.15, 0.2) is 0 Å². The molecular weight excluding hydrogens is 382 g/mol. The number of hydrogen-bond acceptors (Lipinski definition) is 7. The molecule has 1 aromatic carbocycles. The summed E-state index contributed by atoms with van der Waals surface area (Å²) in [6.07, 6.45) is 2.27. The fourth-order valence-corrected chi connectivity index (χ4v) is 3.78. The summed E-state index contributed by atoms with van der Waals surface area (Å²) < 4.78 is 6.91. The van der Waals surface area contributed by atoms with Crippen molar-refractivity contribution >= 4 is 33.2 Å². The molecule has 0 radical (unpaired) electrons. The van der Waals surface area contributed by atoms with Gasteiger partial charge in [-0.2, -0.15) is 0 Å². The van der Waals surface area contributed by atoms with E-state index < -0.39 is 10.9 Å². The lowest BCUT2D eigenvalue weighted by molar-refractivity contribution is -0.380. The van der Waals surface area contributed by atoms with Crippen molar-refractivity contribution in [2.45, 2.75) is 38.3 Å². The summed E-state index contributed by atoms with van der Waals surface area (Å²) in [7, 11) is 0. The largest absolute Gasteiger partial charge is 0.461 e. The number of para-hydroxylation sites is 1. The number of carbonyl (C=O) groups is 1. The minimum Gasteiger partial charge on any atom is -0.461 e. The SMILES string of the molecule is O=C(CCc1nc2ccccc2c(=O)n1C1CC1)OCc1csc([N+](=O)[O-])c1. The number of thiophene rings is 1. The number of aromatic nitrogens is 2. The molecule has 144 valence electrons. The first-order valence-electron chi connectivity index (χ1n) is 8.90. The highest BCUT2D eigenvalue weighted by molar-refractivity contribution is 7.13. The van der Waals surface area contributed by atoms with E-state index in [4.69, 9.17) is 4.74 Å². The lowest BCUT2D eigenvalue weighted by atomic mass is 10.2. The van der Waals surface area contributed by atoms with Gasteiger partial charge in [0.25, 0.3) is 5.56 Å². The van der Waals surface area contributed by atoms with Gasteiger partial charge in [0.1, 0.15) is 12.4 Å². The number of rotatable bonds is 7. The van der Waals surface area contributed by atoms with E-state index >= 15 is 0 Å². The smallest absolute Gasteiger partial charge is 0.324 e. The molecule has 8 nitrogen and oxygen atoms in total. The van der Waals surface area contributed by atoms with E-state index in [0.29, 0.717) is 28.7 Å². The highest BCUT2D eigenvalue weighted by atomic mass is 32.1. The molecular formula is C19H17N3O5S. The van der Waals surface area contributed by atoms with Crippen LogP contribution < -0.4 is 5.56 Å². The van der Waals surface area contributed by atoms with Crippen LogP contribution >= 0.6 is 11.3 Å². The zero-order valence-electron chi connectivity index (χ0n) is 14.9. The fraction of sp³-hybridized carbons (Fsp3) is 0.316. The molecule has 9 heteroatoms. The summed E-state index contributed by atoms with van der Waals surface area (Å²) in [5, 5.41) is 12.9. The Balaban J connectivity index is 1.44. The predicted octanol–water partition coefficient (Wildman–Crippen LogP) is 3.38. The van der Waals surface area contributed by atoms with Crippen LogP contribution in [0.1, 0.15) is 36.7 Å². The van der Waals surface area contributed by atoms with E-state index in [2.05, 4.69) is 4.98 Å². The van der Waals surface area contributed by atoms with Gasteiger partial charge in [-0.3, -0.25) is 24.3 Å². The fourth-order valence-electron chi connectivity index (χ4n) is 3.06. The standard InChI is InChI=1S/C19H17N3O5S/c23-18(27-10-12-9-17(22(25)26)28-11-12)8-7-16-20-15-4-2-1-3-14(15)19(24)21(16)13-5-6-13/h1-4,9,11,13H,5-8,10H2. The third-order valence-corrected chi connectivity index (χ3v) is 5.49. The quantitative estimate of drug-likeness (QED) is 0.343. The number of aryl methyl sites for hydroxylation is 1. The maximum atomic E-state index is 12.8. The minimum absolute atomic E-state index is 0.0102. The Morgan fingerprint density at radius 3 is 2.86 bits per heavy atom. The molecule has 0 unspecified atom stereocenters. The van der Waals surface area contributed by atoms with Crippen LogP contribution in [0.4, 0.5) is 5.00 Å². The van der Waals surface area contributed by atoms with Gasteiger partial charge in [-0.15, -0.1) is 0 Å². The van der Waals surface area contributed by atoms with E-state index in [1.165, 1.54) is 6.07 Å². The zero-order valence-corrected chi connectivity index (χ0v) is 15.7. The van der Waals surface area contributed by atoms with Crippen LogP contribution in [0.15, 0.2) is 40.5 Å².